The topological polar surface area (TPSA) is 96.7 Å². The van der Waals surface area contributed by atoms with E-state index in [0.29, 0.717) is 6.54 Å². The first-order valence-corrected chi connectivity index (χ1v) is 5.15. The summed E-state index contributed by atoms with van der Waals surface area (Å²) in [5.41, 5.74) is 6.98. The van der Waals surface area contributed by atoms with Gasteiger partial charge in [0.25, 0.3) is 0 Å². The first-order chi connectivity index (χ1) is 6.66. The lowest BCUT2D eigenvalue weighted by molar-refractivity contribution is 0.0343. The quantitative estimate of drug-likeness (QED) is 0.164. The van der Waals surface area contributed by atoms with E-state index in [1.165, 1.54) is 12.8 Å². The van der Waals surface area contributed by atoms with Gasteiger partial charge in [-0.05, 0) is 12.8 Å². The summed E-state index contributed by atoms with van der Waals surface area (Å²) in [6.45, 7) is 0.350. The third-order valence-electron chi connectivity index (χ3n) is 2.73. The third kappa shape index (κ3) is 3.51. The maximum Gasteiger partial charge on any atom is 0.203 e. The van der Waals surface area contributed by atoms with Crippen molar-refractivity contribution in [2.24, 2.45) is 16.6 Å². The second-order valence-corrected chi connectivity index (χ2v) is 3.98. The normalized spacial score (nSPS) is 22.9. The van der Waals surface area contributed by atoms with E-state index in [9.17, 15) is 5.11 Å². The molecule has 1 saturated carbocycles. The number of nitrogens with one attached hydrogen (secondary N) is 1. The van der Waals surface area contributed by atoms with Crippen molar-refractivity contribution in [3.05, 3.63) is 0 Å². The highest BCUT2D eigenvalue weighted by molar-refractivity contribution is 5.77. The average molecular weight is 200 g/mol. The Kier molecular flexibility index (Phi) is 4.16. The van der Waals surface area contributed by atoms with Gasteiger partial charge in [-0.2, -0.15) is 0 Å². The molecule has 0 aromatic carbocycles. The van der Waals surface area contributed by atoms with Crippen molar-refractivity contribution < 1.29 is 5.11 Å². The molecular weight excluding hydrogens is 180 g/mol. The molecule has 0 aromatic heterocycles. The molecule has 1 rings (SSSR count). The van der Waals surface area contributed by atoms with E-state index < -0.39 is 5.60 Å². The fraction of sp³-hybridized carbons (Fsp3) is 0.889. The van der Waals surface area contributed by atoms with Gasteiger partial charge >= 0.3 is 0 Å². The summed E-state index contributed by atoms with van der Waals surface area (Å²) < 4.78 is 0. The molecule has 6 N–H and O–H groups in total. The zero-order valence-electron chi connectivity index (χ0n) is 8.50. The standard InChI is InChI=1S/C9H20N4O/c10-8(13-11)12-7-9(14)5-3-1-2-4-6-9/h14H,1-7,11H2,(H3,10,12,13). The number of hydrazine groups is 1. The van der Waals surface area contributed by atoms with Crippen LogP contribution >= 0.6 is 0 Å². The Morgan fingerprint density at radius 3 is 2.36 bits per heavy atom. The maximum atomic E-state index is 10.2. The van der Waals surface area contributed by atoms with Gasteiger partial charge in [0.15, 0.2) is 0 Å². The van der Waals surface area contributed by atoms with E-state index in [1.54, 1.807) is 0 Å². The van der Waals surface area contributed by atoms with Crippen molar-refractivity contribution in [1.82, 2.24) is 5.43 Å². The van der Waals surface area contributed by atoms with Crippen LogP contribution < -0.4 is 17.0 Å². The molecule has 0 radical (unpaired) electrons. The molecule has 1 aliphatic rings. The van der Waals surface area contributed by atoms with Gasteiger partial charge in [0.1, 0.15) is 0 Å². The number of hydrogen-bond donors (Lipinski definition) is 4. The molecule has 0 atom stereocenters. The Hall–Kier alpha value is -0.810. The smallest absolute Gasteiger partial charge is 0.203 e. The fourth-order valence-corrected chi connectivity index (χ4v) is 1.82. The third-order valence-corrected chi connectivity index (χ3v) is 2.73. The van der Waals surface area contributed by atoms with Gasteiger partial charge in [0.05, 0.1) is 12.1 Å². The summed E-state index contributed by atoms with van der Waals surface area (Å²) in [6.07, 6.45) is 6.18. The molecule has 1 aliphatic carbocycles. The molecule has 0 aliphatic heterocycles. The van der Waals surface area contributed by atoms with Gasteiger partial charge in [-0.1, -0.05) is 25.7 Å². The molecule has 0 bridgehead atoms. The van der Waals surface area contributed by atoms with Crippen LogP contribution in [0.5, 0.6) is 0 Å². The molecule has 0 saturated heterocycles. The van der Waals surface area contributed by atoms with Crippen LogP contribution in [0.3, 0.4) is 0 Å². The van der Waals surface area contributed by atoms with Crippen LogP contribution in [0.15, 0.2) is 4.99 Å². The van der Waals surface area contributed by atoms with Crippen LogP contribution in [-0.4, -0.2) is 23.2 Å². The summed E-state index contributed by atoms with van der Waals surface area (Å²) in [5, 5.41) is 10.2. The van der Waals surface area contributed by atoms with Crippen LogP contribution in [0, 0.1) is 0 Å². The number of hydrogen-bond acceptors (Lipinski definition) is 3. The summed E-state index contributed by atoms with van der Waals surface area (Å²) in [5.74, 6) is 5.26. The summed E-state index contributed by atoms with van der Waals surface area (Å²) >= 11 is 0. The fourth-order valence-electron chi connectivity index (χ4n) is 1.82. The summed E-state index contributed by atoms with van der Waals surface area (Å²) in [4.78, 5) is 3.99. The second-order valence-electron chi connectivity index (χ2n) is 3.98. The predicted molar refractivity (Wildman–Crippen MR) is 56.5 cm³/mol. The van der Waals surface area contributed by atoms with Crippen molar-refractivity contribution in [3.8, 4) is 0 Å². The lowest BCUT2D eigenvalue weighted by atomic mass is 9.95. The number of aliphatic hydroxyl groups is 1. The molecule has 5 heteroatoms. The average Bonchev–Trinajstić information content (AvgIpc) is 2.40. The predicted octanol–water partition coefficient (Wildman–Crippen LogP) is -0.150. The molecule has 0 heterocycles. The van der Waals surface area contributed by atoms with E-state index in [1.807, 2.05) is 0 Å². The highest BCUT2D eigenvalue weighted by atomic mass is 16.3. The highest BCUT2D eigenvalue weighted by Gasteiger charge is 2.27. The maximum absolute atomic E-state index is 10.2. The lowest BCUT2D eigenvalue weighted by Crippen LogP contribution is -2.39. The van der Waals surface area contributed by atoms with Crippen molar-refractivity contribution in [3.63, 3.8) is 0 Å². The molecule has 0 aromatic rings. The van der Waals surface area contributed by atoms with Crippen LogP contribution in [0.25, 0.3) is 0 Å². The zero-order valence-corrected chi connectivity index (χ0v) is 8.50. The van der Waals surface area contributed by atoms with E-state index in [0.717, 1.165) is 25.7 Å². The number of nitrogens with zero attached hydrogens (tertiary/aromatic N) is 1. The molecular formula is C9H20N4O. The second kappa shape index (κ2) is 5.17. The Morgan fingerprint density at radius 1 is 1.29 bits per heavy atom. The van der Waals surface area contributed by atoms with Crippen LogP contribution in [0.2, 0.25) is 0 Å². The van der Waals surface area contributed by atoms with Gasteiger partial charge in [-0.25, -0.2) is 10.8 Å². The number of guanidine groups is 1. The van der Waals surface area contributed by atoms with Crippen LogP contribution in [0.1, 0.15) is 38.5 Å². The highest BCUT2D eigenvalue weighted by Crippen LogP contribution is 2.26. The minimum Gasteiger partial charge on any atom is -0.388 e. The first kappa shape index (κ1) is 11.3. The van der Waals surface area contributed by atoms with E-state index in [4.69, 9.17) is 11.6 Å². The molecule has 0 unspecified atom stereocenters. The molecule has 0 spiro atoms. The van der Waals surface area contributed by atoms with Crippen molar-refractivity contribution >= 4 is 5.96 Å². The molecule has 5 nitrogen and oxygen atoms in total. The number of rotatable bonds is 2. The van der Waals surface area contributed by atoms with E-state index >= 15 is 0 Å². The molecule has 0 amide bonds. The monoisotopic (exact) mass is 200 g/mol. The van der Waals surface area contributed by atoms with Gasteiger partial charge < -0.3 is 10.8 Å². The minimum absolute atomic E-state index is 0.183. The van der Waals surface area contributed by atoms with Crippen LogP contribution in [-0.2, 0) is 0 Å². The Balaban J connectivity index is 2.46. The molecule has 14 heavy (non-hydrogen) atoms. The van der Waals surface area contributed by atoms with Crippen molar-refractivity contribution in [2.75, 3.05) is 6.54 Å². The van der Waals surface area contributed by atoms with Gasteiger partial charge in [0, 0.05) is 0 Å². The largest absolute Gasteiger partial charge is 0.388 e. The van der Waals surface area contributed by atoms with Gasteiger partial charge in [-0.3, -0.25) is 5.43 Å². The SMILES string of the molecule is NNC(N)=NCC1(O)CCCCCC1. The van der Waals surface area contributed by atoms with E-state index in [-0.39, 0.29) is 5.96 Å². The van der Waals surface area contributed by atoms with E-state index in [2.05, 4.69) is 10.4 Å². The van der Waals surface area contributed by atoms with Crippen molar-refractivity contribution in [1.29, 1.82) is 0 Å². The lowest BCUT2D eigenvalue weighted by Gasteiger charge is -2.24. The minimum atomic E-state index is -0.669. The zero-order chi connectivity index (χ0) is 10.4. The Bertz CT molecular complexity index is 197. The summed E-state index contributed by atoms with van der Waals surface area (Å²) in [7, 11) is 0. The first-order valence-electron chi connectivity index (χ1n) is 5.15. The van der Waals surface area contributed by atoms with Gasteiger partial charge in [-0.15, -0.1) is 0 Å². The van der Waals surface area contributed by atoms with Crippen LogP contribution in [0.4, 0.5) is 0 Å². The molecule has 1 fully saturated rings. The Morgan fingerprint density at radius 2 is 1.86 bits per heavy atom. The molecule has 82 valence electrons. The van der Waals surface area contributed by atoms with Crippen molar-refractivity contribution in [2.45, 2.75) is 44.1 Å². The number of nitrogens with two attached hydrogens (primary N) is 2. The summed E-state index contributed by atoms with van der Waals surface area (Å²) in [6, 6.07) is 0. The van der Waals surface area contributed by atoms with Gasteiger partial charge in [0.2, 0.25) is 5.96 Å². The Labute approximate surface area is 84.5 Å². The number of aliphatic imine (C=N–C) groups is 1.